The largest absolute Gasteiger partial charge is 0.316 e. The number of hydrogen-bond donors (Lipinski definition) is 1. The normalized spacial score (nSPS) is 21.5. The fourth-order valence-corrected chi connectivity index (χ4v) is 4.94. The molecule has 1 saturated heterocycles. The van der Waals surface area contributed by atoms with Crippen LogP contribution in [0.1, 0.15) is 12.8 Å². The van der Waals surface area contributed by atoms with E-state index >= 15 is 0 Å². The molecule has 1 unspecified atom stereocenters. The number of hydrogen-bond acceptors (Lipinski definition) is 3. The van der Waals surface area contributed by atoms with E-state index in [1.165, 1.54) is 4.31 Å². The van der Waals surface area contributed by atoms with Crippen molar-refractivity contribution in [3.05, 3.63) is 27.7 Å². The van der Waals surface area contributed by atoms with Gasteiger partial charge in [0.1, 0.15) is 0 Å². The first-order valence-electron chi connectivity index (χ1n) is 6.08. The van der Waals surface area contributed by atoms with Gasteiger partial charge >= 0.3 is 0 Å². The van der Waals surface area contributed by atoms with Crippen molar-refractivity contribution in [1.29, 1.82) is 0 Å². The average Bonchev–Trinajstić information content (AvgIpc) is 2.41. The number of likely N-dealkylation sites (N-methyl/N-ethyl adjacent to an activating group) is 1. The lowest BCUT2D eigenvalue weighted by Crippen LogP contribution is -2.46. The van der Waals surface area contributed by atoms with Crippen LogP contribution in [0, 0.1) is 0 Å². The number of nitrogens with zero attached hydrogens (tertiary/aromatic N) is 1. The van der Waals surface area contributed by atoms with Gasteiger partial charge in [0.2, 0.25) is 10.0 Å². The highest BCUT2D eigenvalue weighted by Crippen LogP contribution is 2.32. The van der Waals surface area contributed by atoms with E-state index in [9.17, 15) is 8.42 Å². The maximum absolute atomic E-state index is 12.6. The zero-order valence-electron chi connectivity index (χ0n) is 10.6. The molecule has 0 amide bonds. The highest BCUT2D eigenvalue weighted by Gasteiger charge is 2.31. The topological polar surface area (TPSA) is 49.4 Å². The molecule has 1 atom stereocenters. The summed E-state index contributed by atoms with van der Waals surface area (Å²) in [5.41, 5.74) is 0. The monoisotopic (exact) mass is 366 g/mol. The standard InChI is InChI=1S/C12H16BrClN2O2S/c1-15-9-4-3-7-16(8-9)19(17,18)11-6-2-5-10(14)12(11)13/h2,5-6,9,15H,3-4,7-8H2,1H3. The van der Waals surface area contributed by atoms with Crippen LogP contribution >= 0.6 is 27.5 Å². The lowest BCUT2D eigenvalue weighted by molar-refractivity contribution is 0.292. The number of rotatable bonds is 3. The smallest absolute Gasteiger partial charge is 0.244 e. The fraction of sp³-hybridized carbons (Fsp3) is 0.500. The van der Waals surface area contributed by atoms with E-state index in [2.05, 4.69) is 21.2 Å². The van der Waals surface area contributed by atoms with Gasteiger partial charge in [-0.2, -0.15) is 4.31 Å². The van der Waals surface area contributed by atoms with Crippen LogP contribution in [0.3, 0.4) is 0 Å². The molecule has 0 aliphatic carbocycles. The molecule has 0 radical (unpaired) electrons. The molecule has 106 valence electrons. The number of benzene rings is 1. The van der Waals surface area contributed by atoms with Crippen molar-refractivity contribution < 1.29 is 8.42 Å². The summed E-state index contributed by atoms with van der Waals surface area (Å²) in [5.74, 6) is 0. The van der Waals surface area contributed by atoms with Gasteiger partial charge in [-0.25, -0.2) is 8.42 Å². The SMILES string of the molecule is CNC1CCCN(S(=O)(=O)c2cccc(Cl)c2Br)C1. The molecule has 7 heteroatoms. The zero-order chi connectivity index (χ0) is 14.0. The Morgan fingerprint density at radius 2 is 2.21 bits per heavy atom. The third-order valence-electron chi connectivity index (χ3n) is 3.33. The fourth-order valence-electron chi connectivity index (χ4n) is 2.22. The van der Waals surface area contributed by atoms with Crippen molar-refractivity contribution in [2.75, 3.05) is 20.1 Å². The maximum Gasteiger partial charge on any atom is 0.244 e. The third kappa shape index (κ3) is 3.13. The Labute approximate surface area is 127 Å². The first kappa shape index (κ1) is 15.3. The Bertz CT molecular complexity index is 565. The molecule has 1 heterocycles. The molecule has 1 fully saturated rings. The van der Waals surface area contributed by atoms with Crippen molar-refractivity contribution in [1.82, 2.24) is 9.62 Å². The summed E-state index contributed by atoms with van der Waals surface area (Å²) in [6, 6.07) is 5.10. The average molecular weight is 368 g/mol. The van der Waals surface area contributed by atoms with E-state index in [4.69, 9.17) is 11.6 Å². The summed E-state index contributed by atoms with van der Waals surface area (Å²) in [4.78, 5) is 0.233. The molecule has 2 rings (SSSR count). The van der Waals surface area contributed by atoms with Crippen molar-refractivity contribution in [2.24, 2.45) is 0 Å². The van der Waals surface area contributed by atoms with Gasteiger partial charge in [-0.15, -0.1) is 0 Å². The highest BCUT2D eigenvalue weighted by atomic mass is 79.9. The van der Waals surface area contributed by atoms with Gasteiger partial charge in [0.05, 0.1) is 14.4 Å². The lowest BCUT2D eigenvalue weighted by Gasteiger charge is -2.32. The number of nitrogens with one attached hydrogen (secondary N) is 1. The molecule has 1 aromatic rings. The molecule has 1 aromatic carbocycles. The van der Waals surface area contributed by atoms with Gasteiger partial charge in [0.25, 0.3) is 0 Å². The molecule has 0 bridgehead atoms. The van der Waals surface area contributed by atoms with E-state index in [1.807, 2.05) is 7.05 Å². The Kier molecular flexibility index (Phi) is 4.89. The van der Waals surface area contributed by atoms with Crippen LogP contribution in [0.5, 0.6) is 0 Å². The minimum atomic E-state index is -3.50. The molecule has 1 N–H and O–H groups in total. The van der Waals surface area contributed by atoms with Gasteiger partial charge < -0.3 is 5.32 Å². The summed E-state index contributed by atoms with van der Waals surface area (Å²) in [5, 5.41) is 3.55. The Balaban J connectivity index is 2.34. The summed E-state index contributed by atoms with van der Waals surface area (Å²) in [6.07, 6.45) is 1.86. The quantitative estimate of drug-likeness (QED) is 0.893. The van der Waals surface area contributed by atoms with Crippen LogP contribution in [0.2, 0.25) is 5.02 Å². The van der Waals surface area contributed by atoms with Crippen LogP contribution in [0.25, 0.3) is 0 Å². The summed E-state index contributed by atoms with van der Waals surface area (Å²) in [6.45, 7) is 1.05. The number of halogens is 2. The first-order chi connectivity index (χ1) is 8.96. The van der Waals surface area contributed by atoms with E-state index in [0.717, 1.165) is 12.8 Å². The summed E-state index contributed by atoms with van der Waals surface area (Å²) in [7, 11) is -1.64. The molecule has 19 heavy (non-hydrogen) atoms. The lowest BCUT2D eigenvalue weighted by atomic mass is 10.1. The van der Waals surface area contributed by atoms with Gasteiger partial charge in [-0.05, 0) is 48.0 Å². The summed E-state index contributed by atoms with van der Waals surface area (Å²) >= 11 is 9.23. The molecule has 0 spiro atoms. The van der Waals surface area contributed by atoms with E-state index < -0.39 is 10.0 Å². The van der Waals surface area contributed by atoms with Crippen molar-refractivity contribution in [3.8, 4) is 0 Å². The predicted octanol–water partition coefficient (Wildman–Crippen LogP) is 2.48. The molecular weight excluding hydrogens is 352 g/mol. The molecular formula is C12H16BrClN2O2S. The molecule has 1 aliphatic heterocycles. The second-order valence-electron chi connectivity index (χ2n) is 4.54. The Morgan fingerprint density at radius 1 is 1.47 bits per heavy atom. The first-order valence-corrected chi connectivity index (χ1v) is 8.69. The van der Waals surface area contributed by atoms with E-state index in [1.54, 1.807) is 18.2 Å². The van der Waals surface area contributed by atoms with E-state index in [0.29, 0.717) is 22.6 Å². The number of sulfonamides is 1. The molecule has 0 saturated carbocycles. The van der Waals surface area contributed by atoms with E-state index in [-0.39, 0.29) is 10.9 Å². The van der Waals surface area contributed by atoms with Gasteiger partial charge in [0.15, 0.2) is 0 Å². The molecule has 1 aliphatic rings. The second kappa shape index (κ2) is 6.10. The van der Waals surface area contributed by atoms with Crippen molar-refractivity contribution >= 4 is 37.6 Å². The van der Waals surface area contributed by atoms with Crippen LogP contribution < -0.4 is 5.32 Å². The minimum Gasteiger partial charge on any atom is -0.316 e. The van der Waals surface area contributed by atoms with Crippen molar-refractivity contribution in [2.45, 2.75) is 23.8 Å². The Morgan fingerprint density at radius 3 is 2.89 bits per heavy atom. The van der Waals surface area contributed by atoms with Gasteiger partial charge in [-0.1, -0.05) is 17.7 Å². The molecule has 4 nitrogen and oxygen atoms in total. The predicted molar refractivity (Wildman–Crippen MR) is 80.0 cm³/mol. The van der Waals surface area contributed by atoms with Gasteiger partial charge in [0, 0.05) is 19.1 Å². The second-order valence-corrected chi connectivity index (χ2v) is 7.65. The highest BCUT2D eigenvalue weighted by molar-refractivity contribution is 9.10. The maximum atomic E-state index is 12.6. The van der Waals surface area contributed by atoms with Crippen LogP contribution in [-0.4, -0.2) is 38.9 Å². The van der Waals surface area contributed by atoms with Crippen LogP contribution in [0.15, 0.2) is 27.6 Å². The van der Waals surface area contributed by atoms with Crippen LogP contribution in [-0.2, 0) is 10.0 Å². The van der Waals surface area contributed by atoms with Crippen molar-refractivity contribution in [3.63, 3.8) is 0 Å². The zero-order valence-corrected chi connectivity index (χ0v) is 13.7. The minimum absolute atomic E-state index is 0.210. The number of piperidine rings is 1. The molecule has 0 aromatic heterocycles. The van der Waals surface area contributed by atoms with Gasteiger partial charge in [-0.3, -0.25) is 0 Å². The summed E-state index contributed by atoms with van der Waals surface area (Å²) < 4.78 is 27.2. The third-order valence-corrected chi connectivity index (χ3v) is 6.89. The van der Waals surface area contributed by atoms with Crippen LogP contribution in [0.4, 0.5) is 0 Å². The Hall–Kier alpha value is -0.140.